The van der Waals surface area contributed by atoms with E-state index in [0.29, 0.717) is 5.92 Å². The largest absolute Gasteiger partial charge is 0.381 e. The summed E-state index contributed by atoms with van der Waals surface area (Å²) in [7, 11) is 0. The first-order valence-corrected chi connectivity index (χ1v) is 9.56. The molecule has 0 atom stereocenters. The minimum Gasteiger partial charge on any atom is -0.381 e. The van der Waals surface area contributed by atoms with Gasteiger partial charge in [0.2, 0.25) is 0 Å². The molecule has 1 N–H and O–H groups in total. The van der Waals surface area contributed by atoms with Crippen molar-refractivity contribution >= 4 is 22.7 Å². The number of hydrogen-bond acceptors (Lipinski definition) is 7. The molecule has 3 aromatic rings. The van der Waals surface area contributed by atoms with Crippen LogP contribution in [-0.4, -0.2) is 64.3 Å². The zero-order valence-corrected chi connectivity index (χ0v) is 15.2. The molecule has 5 heterocycles. The zero-order valence-electron chi connectivity index (χ0n) is 15.2. The molecule has 0 saturated carbocycles. The van der Waals surface area contributed by atoms with E-state index in [1.54, 1.807) is 12.7 Å². The van der Waals surface area contributed by atoms with Gasteiger partial charge in [0.15, 0.2) is 0 Å². The van der Waals surface area contributed by atoms with Crippen LogP contribution >= 0.6 is 0 Å². The summed E-state index contributed by atoms with van der Waals surface area (Å²) in [6.07, 6.45) is 7.35. The first kappa shape index (κ1) is 16.4. The van der Waals surface area contributed by atoms with Crippen LogP contribution in [0.3, 0.4) is 0 Å². The van der Waals surface area contributed by atoms with E-state index in [0.717, 1.165) is 80.6 Å². The number of ether oxygens (including phenoxy) is 1. The molecule has 3 aromatic heterocycles. The van der Waals surface area contributed by atoms with Crippen LogP contribution in [0.5, 0.6) is 0 Å². The van der Waals surface area contributed by atoms with E-state index in [1.807, 2.05) is 12.3 Å². The molecule has 0 unspecified atom stereocenters. The van der Waals surface area contributed by atoms with Crippen molar-refractivity contribution in [1.82, 2.24) is 24.9 Å². The molecule has 27 heavy (non-hydrogen) atoms. The highest BCUT2D eigenvalue weighted by molar-refractivity contribution is 5.87. The van der Waals surface area contributed by atoms with Crippen LogP contribution in [0.4, 0.5) is 11.6 Å². The van der Waals surface area contributed by atoms with Gasteiger partial charge in [0.05, 0.1) is 5.39 Å². The second-order valence-electron chi connectivity index (χ2n) is 7.10. The van der Waals surface area contributed by atoms with E-state index in [2.05, 4.69) is 40.8 Å². The molecule has 0 amide bonds. The SMILES string of the molecule is c1nc(C2CCOCC2)cc(N2CCN(c3ncnc4[nH]ccc34)CC2)n1. The summed E-state index contributed by atoms with van der Waals surface area (Å²) < 4.78 is 5.47. The van der Waals surface area contributed by atoms with Crippen molar-refractivity contribution in [1.29, 1.82) is 0 Å². The van der Waals surface area contributed by atoms with E-state index < -0.39 is 0 Å². The van der Waals surface area contributed by atoms with Gasteiger partial charge in [0.25, 0.3) is 0 Å². The molecule has 2 fully saturated rings. The Morgan fingerprint density at radius 2 is 1.70 bits per heavy atom. The van der Waals surface area contributed by atoms with Crippen molar-refractivity contribution in [3.8, 4) is 0 Å². The molecule has 140 valence electrons. The maximum absolute atomic E-state index is 5.47. The van der Waals surface area contributed by atoms with E-state index in [9.17, 15) is 0 Å². The van der Waals surface area contributed by atoms with Gasteiger partial charge in [-0.3, -0.25) is 0 Å². The number of H-pyrrole nitrogens is 1. The molecule has 2 saturated heterocycles. The fourth-order valence-electron chi connectivity index (χ4n) is 4.01. The summed E-state index contributed by atoms with van der Waals surface area (Å²) >= 11 is 0. The van der Waals surface area contributed by atoms with Crippen LogP contribution in [-0.2, 0) is 4.74 Å². The molecule has 0 aromatic carbocycles. The molecule has 0 radical (unpaired) electrons. The first-order valence-electron chi connectivity index (χ1n) is 9.56. The first-order chi connectivity index (χ1) is 13.4. The molecule has 8 heteroatoms. The molecule has 2 aliphatic rings. The Bertz CT molecular complexity index is 913. The minimum absolute atomic E-state index is 0.490. The quantitative estimate of drug-likeness (QED) is 0.760. The lowest BCUT2D eigenvalue weighted by Gasteiger charge is -2.36. The van der Waals surface area contributed by atoms with E-state index in [1.165, 1.54) is 0 Å². The van der Waals surface area contributed by atoms with E-state index in [-0.39, 0.29) is 0 Å². The highest BCUT2D eigenvalue weighted by Gasteiger charge is 2.23. The second-order valence-corrected chi connectivity index (χ2v) is 7.10. The summed E-state index contributed by atoms with van der Waals surface area (Å²) in [5.41, 5.74) is 2.04. The third-order valence-electron chi connectivity index (χ3n) is 5.55. The van der Waals surface area contributed by atoms with Crippen LogP contribution < -0.4 is 9.80 Å². The maximum atomic E-state index is 5.47. The van der Waals surface area contributed by atoms with Crippen molar-refractivity contribution in [3.05, 3.63) is 36.7 Å². The lowest BCUT2D eigenvalue weighted by molar-refractivity contribution is 0.0845. The highest BCUT2D eigenvalue weighted by Crippen LogP contribution is 2.28. The van der Waals surface area contributed by atoms with Gasteiger partial charge < -0.3 is 19.5 Å². The zero-order chi connectivity index (χ0) is 18.1. The molecule has 5 rings (SSSR count). The smallest absolute Gasteiger partial charge is 0.142 e. The lowest BCUT2D eigenvalue weighted by Crippen LogP contribution is -2.47. The normalized spacial score (nSPS) is 19.0. The lowest BCUT2D eigenvalue weighted by atomic mass is 9.96. The van der Waals surface area contributed by atoms with Crippen molar-refractivity contribution in [2.75, 3.05) is 49.2 Å². The van der Waals surface area contributed by atoms with Crippen molar-refractivity contribution in [2.24, 2.45) is 0 Å². The van der Waals surface area contributed by atoms with Crippen LogP contribution in [0.25, 0.3) is 11.0 Å². The number of nitrogens with one attached hydrogen (secondary N) is 1. The fraction of sp³-hybridized carbons (Fsp3) is 0.474. The Balaban J connectivity index is 1.30. The van der Waals surface area contributed by atoms with Gasteiger partial charge in [-0.15, -0.1) is 0 Å². The minimum atomic E-state index is 0.490. The second kappa shape index (κ2) is 7.11. The Morgan fingerprint density at radius 1 is 0.926 bits per heavy atom. The number of fused-ring (bicyclic) bond motifs is 1. The molecule has 0 aliphatic carbocycles. The Labute approximate surface area is 157 Å². The van der Waals surface area contributed by atoms with Gasteiger partial charge in [-0.05, 0) is 18.9 Å². The fourth-order valence-corrected chi connectivity index (χ4v) is 4.01. The van der Waals surface area contributed by atoms with Crippen LogP contribution in [0.2, 0.25) is 0 Å². The number of aromatic nitrogens is 5. The number of piperazine rings is 1. The monoisotopic (exact) mass is 365 g/mol. The van der Waals surface area contributed by atoms with Crippen LogP contribution in [0.1, 0.15) is 24.5 Å². The molecular formula is C19H23N7O. The number of hydrogen-bond donors (Lipinski definition) is 1. The number of anilines is 2. The van der Waals surface area contributed by atoms with Gasteiger partial charge >= 0.3 is 0 Å². The molecule has 0 bridgehead atoms. The molecule has 2 aliphatic heterocycles. The van der Waals surface area contributed by atoms with Gasteiger partial charge in [0.1, 0.15) is 29.9 Å². The van der Waals surface area contributed by atoms with E-state index >= 15 is 0 Å². The molecular weight excluding hydrogens is 342 g/mol. The maximum Gasteiger partial charge on any atom is 0.142 e. The van der Waals surface area contributed by atoms with Gasteiger partial charge in [-0.25, -0.2) is 19.9 Å². The summed E-state index contributed by atoms with van der Waals surface area (Å²) in [4.78, 5) is 25.7. The van der Waals surface area contributed by atoms with Gasteiger partial charge in [0, 0.05) is 63.3 Å². The summed E-state index contributed by atoms with van der Waals surface area (Å²) in [6, 6.07) is 4.21. The number of aromatic amines is 1. The van der Waals surface area contributed by atoms with Crippen molar-refractivity contribution in [3.63, 3.8) is 0 Å². The average molecular weight is 365 g/mol. The standard InChI is InChI=1S/C19H23N7O/c1-4-20-18-15(1)19(24-13-23-18)26-7-5-25(6-8-26)17-11-16(21-12-22-17)14-2-9-27-10-3-14/h1,4,11-14H,2-3,5-10H2,(H,20,23,24). The van der Waals surface area contributed by atoms with Crippen molar-refractivity contribution < 1.29 is 4.74 Å². The average Bonchev–Trinajstić information content (AvgIpc) is 3.24. The summed E-state index contributed by atoms with van der Waals surface area (Å²) in [6.45, 7) is 5.31. The van der Waals surface area contributed by atoms with Crippen molar-refractivity contribution in [2.45, 2.75) is 18.8 Å². The predicted octanol–water partition coefficient (Wildman–Crippen LogP) is 1.97. The topological polar surface area (TPSA) is 83.1 Å². The van der Waals surface area contributed by atoms with Gasteiger partial charge in [-0.2, -0.15) is 0 Å². The predicted molar refractivity (Wildman–Crippen MR) is 103 cm³/mol. The molecule has 8 nitrogen and oxygen atoms in total. The Hall–Kier alpha value is -2.74. The third-order valence-corrected chi connectivity index (χ3v) is 5.55. The summed E-state index contributed by atoms with van der Waals surface area (Å²) in [5, 5.41) is 1.08. The number of rotatable bonds is 3. The van der Waals surface area contributed by atoms with E-state index in [4.69, 9.17) is 4.74 Å². The Kier molecular flexibility index (Phi) is 4.33. The summed E-state index contributed by atoms with van der Waals surface area (Å²) in [5.74, 6) is 2.52. The Morgan fingerprint density at radius 3 is 2.56 bits per heavy atom. The van der Waals surface area contributed by atoms with Gasteiger partial charge in [-0.1, -0.05) is 0 Å². The third kappa shape index (κ3) is 3.21. The van der Waals surface area contributed by atoms with Crippen LogP contribution in [0, 0.1) is 0 Å². The molecule has 0 spiro atoms. The highest BCUT2D eigenvalue weighted by atomic mass is 16.5. The van der Waals surface area contributed by atoms with Crippen LogP contribution in [0.15, 0.2) is 31.0 Å². The number of nitrogens with zero attached hydrogens (tertiary/aromatic N) is 6.